The van der Waals surface area contributed by atoms with Crippen molar-refractivity contribution >= 4 is 17.7 Å². The van der Waals surface area contributed by atoms with E-state index in [4.69, 9.17) is 0 Å². The van der Waals surface area contributed by atoms with Crippen molar-refractivity contribution in [3.8, 4) is 0 Å². The average Bonchev–Trinajstić information content (AvgIpc) is 2.19. The lowest BCUT2D eigenvalue weighted by Crippen LogP contribution is -1.89. The number of thiocarbonyl (C=S) groups is 1. The molecule has 0 aromatic carbocycles. The minimum atomic E-state index is 0.738. The van der Waals surface area contributed by atoms with E-state index in [9.17, 15) is 0 Å². The minimum absolute atomic E-state index is 0.738. The second-order valence-corrected chi connectivity index (χ2v) is 1.86. The fourth-order valence-corrected chi connectivity index (χ4v) is 0.699. The summed E-state index contributed by atoms with van der Waals surface area (Å²) in [6, 6.07) is 0.738. The number of hydrogen-bond acceptors (Lipinski definition) is 1. The molecule has 6 heavy (non-hydrogen) atoms. The summed E-state index contributed by atoms with van der Waals surface area (Å²) in [5, 5.41) is 0. The van der Waals surface area contributed by atoms with Gasteiger partial charge in [0, 0.05) is 12.6 Å². The normalized spacial score (nSPS) is 30.2. The zero-order valence-corrected chi connectivity index (χ0v) is 4.53. The van der Waals surface area contributed by atoms with Crippen molar-refractivity contribution in [2.45, 2.75) is 13.0 Å². The summed E-state index contributed by atoms with van der Waals surface area (Å²) in [5.74, 6) is 0. The lowest BCUT2D eigenvalue weighted by atomic mass is 10.6. The van der Waals surface area contributed by atoms with Crippen molar-refractivity contribution < 1.29 is 0 Å². The zero-order valence-electron chi connectivity index (χ0n) is 3.72. The molecule has 0 saturated carbocycles. The lowest BCUT2D eigenvalue weighted by Gasteiger charge is -1.81. The number of hydrogen-bond donors (Lipinski definition) is 0. The van der Waals surface area contributed by atoms with Gasteiger partial charge in [0.05, 0.1) is 5.49 Å². The van der Waals surface area contributed by atoms with Crippen molar-refractivity contribution in [1.29, 1.82) is 0 Å². The van der Waals surface area contributed by atoms with Gasteiger partial charge in [-0.05, 0) is 6.92 Å². The smallest absolute Gasteiger partial charge is 0.0644 e. The van der Waals surface area contributed by atoms with Gasteiger partial charge in [-0.15, -0.1) is 0 Å². The van der Waals surface area contributed by atoms with Crippen molar-refractivity contribution in [3.05, 3.63) is 0 Å². The van der Waals surface area contributed by atoms with Gasteiger partial charge in [-0.3, -0.25) is 0 Å². The maximum absolute atomic E-state index is 4.62. The number of rotatable bonds is 1. The van der Waals surface area contributed by atoms with Crippen molar-refractivity contribution in [3.63, 3.8) is 0 Å². The molecule has 1 aliphatic heterocycles. The number of nitrogens with zero attached hydrogens (tertiary/aromatic N) is 1. The highest BCUT2D eigenvalue weighted by molar-refractivity contribution is 7.78. The predicted octanol–water partition coefficient (Wildman–Crippen LogP) is 0.648. The van der Waals surface area contributed by atoms with E-state index < -0.39 is 0 Å². The summed E-state index contributed by atoms with van der Waals surface area (Å²) >= 11 is 4.62. The van der Waals surface area contributed by atoms with Crippen LogP contribution in [0.1, 0.15) is 6.92 Å². The van der Waals surface area contributed by atoms with Crippen LogP contribution >= 0.6 is 12.2 Å². The molecular formula is C4H7NS. The van der Waals surface area contributed by atoms with Crippen LogP contribution in [0.4, 0.5) is 0 Å². The van der Waals surface area contributed by atoms with Gasteiger partial charge < -0.3 is 4.90 Å². The van der Waals surface area contributed by atoms with Crippen LogP contribution in [0.3, 0.4) is 0 Å². The Hall–Kier alpha value is -0.110. The van der Waals surface area contributed by atoms with E-state index in [-0.39, 0.29) is 0 Å². The molecule has 1 heterocycles. The maximum atomic E-state index is 4.62. The Labute approximate surface area is 42.9 Å². The molecule has 1 saturated heterocycles. The SMILES string of the molecule is CC1CN1C=S. The summed E-state index contributed by atoms with van der Waals surface area (Å²) in [6.45, 7) is 3.33. The van der Waals surface area contributed by atoms with Crippen molar-refractivity contribution in [2.75, 3.05) is 6.54 Å². The van der Waals surface area contributed by atoms with E-state index in [0.717, 1.165) is 6.04 Å². The summed E-state index contributed by atoms with van der Waals surface area (Å²) in [4.78, 5) is 2.11. The van der Waals surface area contributed by atoms with Crippen LogP contribution in [0.2, 0.25) is 0 Å². The highest BCUT2D eigenvalue weighted by atomic mass is 32.1. The molecule has 0 aliphatic carbocycles. The fraction of sp³-hybridized carbons (Fsp3) is 0.750. The lowest BCUT2D eigenvalue weighted by molar-refractivity contribution is 0.800. The summed E-state index contributed by atoms with van der Waals surface area (Å²) < 4.78 is 0. The van der Waals surface area contributed by atoms with Crippen molar-refractivity contribution in [1.82, 2.24) is 4.90 Å². The van der Waals surface area contributed by atoms with Gasteiger partial charge in [-0.2, -0.15) is 0 Å². The van der Waals surface area contributed by atoms with Gasteiger partial charge in [0.1, 0.15) is 0 Å². The Bertz CT molecular complexity index is 71.9. The van der Waals surface area contributed by atoms with E-state index in [2.05, 4.69) is 24.0 Å². The molecule has 0 amide bonds. The summed E-state index contributed by atoms with van der Waals surface area (Å²) in [5.41, 5.74) is 1.71. The Kier molecular flexibility index (Phi) is 0.804. The van der Waals surface area contributed by atoms with Crippen LogP contribution in [0, 0.1) is 0 Å². The second kappa shape index (κ2) is 1.19. The topological polar surface area (TPSA) is 3.01 Å². The molecule has 1 aliphatic rings. The van der Waals surface area contributed by atoms with E-state index in [0.29, 0.717) is 0 Å². The molecule has 34 valence electrons. The first-order valence-corrected chi connectivity index (χ1v) is 2.53. The molecule has 1 fully saturated rings. The average molecular weight is 101 g/mol. The van der Waals surface area contributed by atoms with Crippen LogP contribution in [0.15, 0.2) is 0 Å². The standard InChI is InChI=1S/C4H7NS/c1-4-2-5(4)3-6/h3-4H,2H2,1H3. The van der Waals surface area contributed by atoms with Gasteiger partial charge in [-0.1, -0.05) is 12.2 Å². The molecule has 0 bridgehead atoms. The van der Waals surface area contributed by atoms with Gasteiger partial charge in [-0.25, -0.2) is 0 Å². The highest BCUT2D eigenvalue weighted by Crippen LogP contribution is 2.11. The molecule has 0 aromatic heterocycles. The van der Waals surface area contributed by atoms with Gasteiger partial charge in [0.15, 0.2) is 0 Å². The fourth-order valence-electron chi connectivity index (χ4n) is 0.405. The molecule has 1 rings (SSSR count). The largest absolute Gasteiger partial charge is 0.362 e. The van der Waals surface area contributed by atoms with E-state index in [1.165, 1.54) is 6.54 Å². The Morgan fingerprint density at radius 1 is 2.00 bits per heavy atom. The molecule has 1 nitrogen and oxygen atoms in total. The third-order valence-electron chi connectivity index (χ3n) is 1.04. The first-order chi connectivity index (χ1) is 2.84. The molecule has 1 unspecified atom stereocenters. The molecule has 0 spiro atoms. The first-order valence-electron chi connectivity index (χ1n) is 2.05. The quantitative estimate of drug-likeness (QED) is 0.352. The maximum Gasteiger partial charge on any atom is 0.0644 e. The minimum Gasteiger partial charge on any atom is -0.362 e. The molecule has 2 heteroatoms. The van der Waals surface area contributed by atoms with Crippen LogP contribution in [0.25, 0.3) is 0 Å². The van der Waals surface area contributed by atoms with E-state index >= 15 is 0 Å². The highest BCUT2D eigenvalue weighted by Gasteiger charge is 2.24. The third-order valence-corrected chi connectivity index (χ3v) is 1.31. The first kappa shape index (κ1) is 4.06. The summed E-state index contributed by atoms with van der Waals surface area (Å²) in [7, 11) is 0. The Balaban J connectivity index is 2.25. The molecule has 1 atom stereocenters. The van der Waals surface area contributed by atoms with Crippen LogP contribution in [-0.2, 0) is 0 Å². The monoisotopic (exact) mass is 101 g/mol. The molecular weight excluding hydrogens is 94.1 g/mol. The second-order valence-electron chi connectivity index (χ2n) is 1.65. The van der Waals surface area contributed by atoms with Gasteiger partial charge in [0.2, 0.25) is 0 Å². The third kappa shape index (κ3) is 0.522. The Morgan fingerprint density at radius 2 is 2.50 bits per heavy atom. The van der Waals surface area contributed by atoms with E-state index in [1.54, 1.807) is 5.49 Å². The molecule has 0 radical (unpaired) electrons. The summed E-state index contributed by atoms with van der Waals surface area (Å²) in [6.07, 6.45) is 0. The van der Waals surface area contributed by atoms with Crippen LogP contribution in [-0.4, -0.2) is 23.0 Å². The van der Waals surface area contributed by atoms with Crippen LogP contribution in [0.5, 0.6) is 0 Å². The molecule has 0 N–H and O–H groups in total. The Morgan fingerprint density at radius 3 is 2.50 bits per heavy atom. The van der Waals surface area contributed by atoms with Gasteiger partial charge >= 0.3 is 0 Å². The van der Waals surface area contributed by atoms with Crippen molar-refractivity contribution in [2.24, 2.45) is 0 Å². The predicted molar refractivity (Wildman–Crippen MR) is 29.8 cm³/mol. The van der Waals surface area contributed by atoms with E-state index in [1.807, 2.05) is 0 Å². The zero-order chi connectivity index (χ0) is 4.57. The van der Waals surface area contributed by atoms with Gasteiger partial charge in [0.25, 0.3) is 0 Å². The molecule has 0 aromatic rings. The van der Waals surface area contributed by atoms with Crippen LogP contribution < -0.4 is 0 Å².